The van der Waals surface area contributed by atoms with Crippen LogP contribution >= 0.6 is 0 Å². The number of carbonyl (C=O) groups is 1. The second-order valence-electron chi connectivity index (χ2n) is 5.46. The van der Waals surface area contributed by atoms with Crippen molar-refractivity contribution in [2.24, 2.45) is 11.7 Å². The van der Waals surface area contributed by atoms with Gasteiger partial charge in [-0.25, -0.2) is 14.8 Å². The molecule has 0 aromatic carbocycles. The fourth-order valence-corrected chi connectivity index (χ4v) is 2.68. The SMILES string of the molecule is CCOC(=O)c1cnc(N2CCC(N)C(CC)C2)nc1C. The van der Waals surface area contributed by atoms with E-state index in [2.05, 4.69) is 21.8 Å². The smallest absolute Gasteiger partial charge is 0.341 e. The normalized spacial score (nSPS) is 22.2. The van der Waals surface area contributed by atoms with E-state index in [-0.39, 0.29) is 12.0 Å². The van der Waals surface area contributed by atoms with Crippen molar-refractivity contribution in [2.75, 3.05) is 24.6 Å². The highest BCUT2D eigenvalue weighted by molar-refractivity contribution is 5.90. The van der Waals surface area contributed by atoms with Gasteiger partial charge in [0.05, 0.1) is 17.9 Å². The molecule has 1 aliphatic rings. The number of nitrogens with two attached hydrogens (primary N) is 1. The van der Waals surface area contributed by atoms with Gasteiger partial charge in [0.15, 0.2) is 0 Å². The average molecular weight is 292 g/mol. The van der Waals surface area contributed by atoms with E-state index < -0.39 is 0 Å². The third kappa shape index (κ3) is 3.50. The Morgan fingerprint density at radius 3 is 2.90 bits per heavy atom. The Balaban J connectivity index is 2.14. The molecular formula is C15H24N4O2. The zero-order chi connectivity index (χ0) is 15.4. The first-order chi connectivity index (χ1) is 10.1. The summed E-state index contributed by atoms with van der Waals surface area (Å²) < 4.78 is 4.99. The summed E-state index contributed by atoms with van der Waals surface area (Å²) in [5, 5.41) is 0. The van der Waals surface area contributed by atoms with Crippen LogP contribution < -0.4 is 10.6 Å². The molecule has 6 heteroatoms. The summed E-state index contributed by atoms with van der Waals surface area (Å²) in [4.78, 5) is 22.7. The van der Waals surface area contributed by atoms with E-state index in [1.807, 2.05) is 6.92 Å². The van der Waals surface area contributed by atoms with Crippen molar-refractivity contribution in [2.45, 2.75) is 39.7 Å². The number of nitrogens with zero attached hydrogens (tertiary/aromatic N) is 3. The zero-order valence-corrected chi connectivity index (χ0v) is 13.0. The molecule has 0 amide bonds. The molecule has 1 aromatic rings. The average Bonchev–Trinajstić information content (AvgIpc) is 2.47. The maximum atomic E-state index is 11.8. The molecule has 21 heavy (non-hydrogen) atoms. The van der Waals surface area contributed by atoms with Crippen molar-refractivity contribution in [1.82, 2.24) is 9.97 Å². The number of ether oxygens (including phenoxy) is 1. The molecule has 1 aromatic heterocycles. The molecule has 1 aliphatic heterocycles. The van der Waals surface area contributed by atoms with Crippen LogP contribution in [-0.4, -0.2) is 41.7 Å². The van der Waals surface area contributed by atoms with Crippen molar-refractivity contribution >= 4 is 11.9 Å². The van der Waals surface area contributed by atoms with Crippen molar-refractivity contribution in [1.29, 1.82) is 0 Å². The molecule has 2 atom stereocenters. The minimum Gasteiger partial charge on any atom is -0.462 e. The molecule has 2 N–H and O–H groups in total. The Kier molecular flexibility index (Phi) is 5.12. The Morgan fingerprint density at radius 1 is 1.52 bits per heavy atom. The highest BCUT2D eigenvalue weighted by Gasteiger charge is 2.27. The number of rotatable bonds is 4. The Bertz CT molecular complexity index is 506. The van der Waals surface area contributed by atoms with Gasteiger partial charge in [0.25, 0.3) is 0 Å². The lowest BCUT2D eigenvalue weighted by Crippen LogP contribution is -2.47. The molecule has 0 bridgehead atoms. The number of aromatic nitrogens is 2. The summed E-state index contributed by atoms with van der Waals surface area (Å²) in [5.41, 5.74) is 7.21. The van der Waals surface area contributed by atoms with Gasteiger partial charge in [-0.05, 0) is 26.2 Å². The molecular weight excluding hydrogens is 268 g/mol. The monoisotopic (exact) mass is 292 g/mol. The van der Waals surface area contributed by atoms with Gasteiger partial charge >= 0.3 is 5.97 Å². The van der Waals surface area contributed by atoms with Crippen LogP contribution in [0.1, 0.15) is 42.7 Å². The Labute approximate surface area is 125 Å². The number of piperidine rings is 1. The van der Waals surface area contributed by atoms with E-state index >= 15 is 0 Å². The van der Waals surface area contributed by atoms with E-state index in [1.165, 1.54) is 0 Å². The lowest BCUT2D eigenvalue weighted by atomic mass is 9.91. The van der Waals surface area contributed by atoms with E-state index in [0.29, 0.717) is 29.7 Å². The molecule has 116 valence electrons. The summed E-state index contributed by atoms with van der Waals surface area (Å²) in [6.07, 6.45) is 3.56. The second-order valence-corrected chi connectivity index (χ2v) is 5.46. The van der Waals surface area contributed by atoms with Gasteiger partial charge in [-0.15, -0.1) is 0 Å². The topological polar surface area (TPSA) is 81.3 Å². The van der Waals surface area contributed by atoms with E-state index in [1.54, 1.807) is 13.1 Å². The van der Waals surface area contributed by atoms with Crippen molar-refractivity contribution in [3.05, 3.63) is 17.5 Å². The Morgan fingerprint density at radius 2 is 2.29 bits per heavy atom. The predicted octanol–water partition coefficient (Wildman–Crippen LogP) is 1.53. The summed E-state index contributed by atoms with van der Waals surface area (Å²) in [7, 11) is 0. The third-order valence-corrected chi connectivity index (χ3v) is 4.06. The first-order valence-electron chi connectivity index (χ1n) is 7.58. The van der Waals surface area contributed by atoms with Crippen LogP contribution in [0.25, 0.3) is 0 Å². The molecule has 0 spiro atoms. The predicted molar refractivity (Wildman–Crippen MR) is 81.3 cm³/mol. The minimum atomic E-state index is -0.367. The highest BCUT2D eigenvalue weighted by Crippen LogP contribution is 2.22. The van der Waals surface area contributed by atoms with Gasteiger partial charge in [-0.2, -0.15) is 0 Å². The first kappa shape index (κ1) is 15.7. The van der Waals surface area contributed by atoms with Gasteiger partial charge in [0.2, 0.25) is 5.95 Å². The van der Waals surface area contributed by atoms with Gasteiger partial charge < -0.3 is 15.4 Å². The number of anilines is 1. The van der Waals surface area contributed by atoms with E-state index in [9.17, 15) is 4.79 Å². The molecule has 2 rings (SSSR count). The van der Waals surface area contributed by atoms with Crippen LogP contribution in [0.3, 0.4) is 0 Å². The van der Waals surface area contributed by atoms with E-state index in [0.717, 1.165) is 25.9 Å². The number of hydrogen-bond donors (Lipinski definition) is 1. The van der Waals surface area contributed by atoms with Crippen LogP contribution in [-0.2, 0) is 4.74 Å². The zero-order valence-electron chi connectivity index (χ0n) is 13.0. The second kappa shape index (κ2) is 6.85. The third-order valence-electron chi connectivity index (χ3n) is 4.06. The molecule has 0 saturated carbocycles. The minimum absolute atomic E-state index is 0.256. The quantitative estimate of drug-likeness (QED) is 0.847. The summed E-state index contributed by atoms with van der Waals surface area (Å²) >= 11 is 0. The molecule has 1 fully saturated rings. The number of carbonyl (C=O) groups excluding carboxylic acids is 1. The lowest BCUT2D eigenvalue weighted by molar-refractivity contribution is 0.0524. The molecule has 2 unspecified atom stereocenters. The van der Waals surface area contributed by atoms with Gasteiger partial charge in [-0.1, -0.05) is 13.3 Å². The highest BCUT2D eigenvalue weighted by atomic mass is 16.5. The van der Waals surface area contributed by atoms with Crippen LogP contribution in [0.5, 0.6) is 0 Å². The van der Waals surface area contributed by atoms with Crippen LogP contribution in [0.2, 0.25) is 0 Å². The van der Waals surface area contributed by atoms with Gasteiger partial charge in [0.1, 0.15) is 0 Å². The van der Waals surface area contributed by atoms with E-state index in [4.69, 9.17) is 10.5 Å². The van der Waals surface area contributed by atoms with Crippen LogP contribution in [0.4, 0.5) is 5.95 Å². The summed E-state index contributed by atoms with van der Waals surface area (Å²) in [6, 6.07) is 0.256. The largest absolute Gasteiger partial charge is 0.462 e. The molecule has 1 saturated heterocycles. The Hall–Kier alpha value is -1.69. The number of hydrogen-bond acceptors (Lipinski definition) is 6. The number of aryl methyl sites for hydroxylation is 1. The molecule has 6 nitrogen and oxygen atoms in total. The maximum Gasteiger partial charge on any atom is 0.341 e. The van der Waals surface area contributed by atoms with Crippen LogP contribution in [0.15, 0.2) is 6.20 Å². The lowest BCUT2D eigenvalue weighted by Gasteiger charge is -2.36. The maximum absolute atomic E-state index is 11.8. The summed E-state index contributed by atoms with van der Waals surface area (Å²) in [6.45, 7) is 7.83. The van der Waals surface area contributed by atoms with Gasteiger partial charge in [0, 0.05) is 25.3 Å². The van der Waals surface area contributed by atoms with Crippen molar-refractivity contribution < 1.29 is 9.53 Å². The first-order valence-corrected chi connectivity index (χ1v) is 7.58. The molecule has 2 heterocycles. The fraction of sp³-hybridized carbons (Fsp3) is 0.667. The molecule has 0 aliphatic carbocycles. The standard InChI is InChI=1S/C15H24N4O2/c1-4-11-9-19(7-6-13(11)16)15-17-8-12(10(3)18-15)14(20)21-5-2/h8,11,13H,4-7,9,16H2,1-3H3. The molecule has 0 radical (unpaired) electrons. The van der Waals surface area contributed by atoms with Crippen LogP contribution in [0, 0.1) is 12.8 Å². The number of esters is 1. The van der Waals surface area contributed by atoms with Crippen molar-refractivity contribution in [3.63, 3.8) is 0 Å². The summed E-state index contributed by atoms with van der Waals surface area (Å²) in [5.74, 6) is 0.770. The van der Waals surface area contributed by atoms with Gasteiger partial charge in [-0.3, -0.25) is 0 Å². The van der Waals surface area contributed by atoms with Crippen molar-refractivity contribution in [3.8, 4) is 0 Å². The fourth-order valence-electron chi connectivity index (χ4n) is 2.68.